The van der Waals surface area contributed by atoms with E-state index in [-0.39, 0.29) is 0 Å². The highest BCUT2D eigenvalue weighted by Crippen LogP contribution is 2.21. The second-order valence-corrected chi connectivity index (χ2v) is 4.91. The molecule has 4 heteroatoms. The molecule has 0 aliphatic rings. The Morgan fingerprint density at radius 3 is 2.70 bits per heavy atom. The van der Waals surface area contributed by atoms with Gasteiger partial charge in [-0.25, -0.2) is 0 Å². The van der Waals surface area contributed by atoms with Crippen LogP contribution in [-0.2, 0) is 6.54 Å². The molecule has 3 aromatic rings. The molecule has 20 heavy (non-hydrogen) atoms. The molecule has 0 atom stereocenters. The quantitative estimate of drug-likeness (QED) is 0.760. The lowest BCUT2D eigenvalue weighted by Crippen LogP contribution is -2.02. The summed E-state index contributed by atoms with van der Waals surface area (Å²) in [6, 6.07) is 12.7. The van der Waals surface area contributed by atoms with Gasteiger partial charge in [0, 0.05) is 29.8 Å². The molecule has 0 fully saturated rings. The number of aromatic nitrogens is 3. The summed E-state index contributed by atoms with van der Waals surface area (Å²) in [4.78, 5) is 0. The minimum atomic E-state index is 0.798. The molecule has 0 bridgehead atoms. The largest absolute Gasteiger partial charge is 0.378 e. The van der Waals surface area contributed by atoms with E-state index in [2.05, 4.69) is 64.3 Å². The fourth-order valence-electron chi connectivity index (χ4n) is 2.53. The molecule has 0 aliphatic heterocycles. The second kappa shape index (κ2) is 5.25. The summed E-state index contributed by atoms with van der Waals surface area (Å²) in [5, 5.41) is 10.1. The Bertz CT molecular complexity index is 681. The van der Waals surface area contributed by atoms with E-state index in [9.17, 15) is 0 Å². The standard InChI is InChI=1S/C16H18N4/c1-12-8-14(9-17-15-10-18-19-11-15)13(2)20(12)16-6-4-3-5-7-16/h3-8,10-11,17H,9H2,1-2H3,(H,18,19). The predicted octanol–water partition coefficient (Wildman–Crippen LogP) is 3.43. The van der Waals surface area contributed by atoms with Crippen LogP contribution in [0.1, 0.15) is 17.0 Å². The van der Waals surface area contributed by atoms with Gasteiger partial charge in [0.1, 0.15) is 0 Å². The normalized spacial score (nSPS) is 10.7. The van der Waals surface area contributed by atoms with Gasteiger partial charge >= 0.3 is 0 Å². The zero-order valence-electron chi connectivity index (χ0n) is 11.7. The number of aromatic amines is 1. The van der Waals surface area contributed by atoms with Gasteiger partial charge in [-0.05, 0) is 37.6 Å². The van der Waals surface area contributed by atoms with Gasteiger partial charge < -0.3 is 9.88 Å². The number of aryl methyl sites for hydroxylation is 1. The molecule has 0 spiro atoms. The summed E-state index contributed by atoms with van der Waals surface area (Å²) in [5.41, 5.74) is 6.03. The van der Waals surface area contributed by atoms with Crippen molar-refractivity contribution in [2.24, 2.45) is 0 Å². The molecule has 0 radical (unpaired) electrons. The Kier molecular flexibility index (Phi) is 3.29. The Morgan fingerprint density at radius 2 is 2.00 bits per heavy atom. The van der Waals surface area contributed by atoms with E-state index in [0.717, 1.165) is 12.2 Å². The maximum absolute atomic E-state index is 3.93. The highest BCUT2D eigenvalue weighted by atomic mass is 15.1. The molecule has 2 heterocycles. The zero-order valence-corrected chi connectivity index (χ0v) is 11.7. The van der Waals surface area contributed by atoms with Gasteiger partial charge in [0.25, 0.3) is 0 Å². The van der Waals surface area contributed by atoms with E-state index in [1.165, 1.54) is 22.6 Å². The Balaban J connectivity index is 1.87. The third-order valence-electron chi connectivity index (χ3n) is 3.53. The first kappa shape index (κ1) is 12.5. The van der Waals surface area contributed by atoms with Crippen molar-refractivity contribution in [2.75, 3.05) is 5.32 Å². The monoisotopic (exact) mass is 266 g/mol. The van der Waals surface area contributed by atoms with Crippen LogP contribution in [0.2, 0.25) is 0 Å². The van der Waals surface area contributed by atoms with Gasteiger partial charge in [-0.15, -0.1) is 0 Å². The molecule has 0 saturated heterocycles. The van der Waals surface area contributed by atoms with Crippen LogP contribution in [0.25, 0.3) is 5.69 Å². The van der Waals surface area contributed by atoms with Gasteiger partial charge in [-0.3, -0.25) is 5.10 Å². The van der Waals surface area contributed by atoms with E-state index in [0.29, 0.717) is 0 Å². The number of hydrogen-bond donors (Lipinski definition) is 2. The van der Waals surface area contributed by atoms with Gasteiger partial charge in [-0.1, -0.05) is 18.2 Å². The fraction of sp³-hybridized carbons (Fsp3) is 0.188. The summed E-state index contributed by atoms with van der Waals surface area (Å²) in [5.74, 6) is 0. The van der Waals surface area contributed by atoms with Gasteiger partial charge in [0.2, 0.25) is 0 Å². The van der Waals surface area contributed by atoms with E-state index in [4.69, 9.17) is 0 Å². The van der Waals surface area contributed by atoms with Crippen LogP contribution in [0, 0.1) is 13.8 Å². The van der Waals surface area contributed by atoms with Crippen LogP contribution in [0.5, 0.6) is 0 Å². The zero-order chi connectivity index (χ0) is 13.9. The van der Waals surface area contributed by atoms with Crippen molar-refractivity contribution in [3.05, 3.63) is 65.7 Å². The summed E-state index contributed by atoms with van der Waals surface area (Å²) >= 11 is 0. The molecule has 1 aromatic carbocycles. The molecule has 102 valence electrons. The number of nitrogens with zero attached hydrogens (tertiary/aromatic N) is 2. The number of anilines is 1. The molecule has 4 nitrogen and oxygen atoms in total. The van der Waals surface area contributed by atoms with Crippen LogP contribution < -0.4 is 5.32 Å². The van der Waals surface area contributed by atoms with Crippen molar-refractivity contribution in [1.29, 1.82) is 0 Å². The fourth-order valence-corrected chi connectivity index (χ4v) is 2.53. The first-order valence-electron chi connectivity index (χ1n) is 6.71. The molecule has 0 unspecified atom stereocenters. The third-order valence-corrected chi connectivity index (χ3v) is 3.53. The van der Waals surface area contributed by atoms with Crippen molar-refractivity contribution in [3.63, 3.8) is 0 Å². The maximum Gasteiger partial charge on any atom is 0.0726 e. The number of H-pyrrole nitrogens is 1. The van der Waals surface area contributed by atoms with E-state index in [1.54, 1.807) is 6.20 Å². The highest BCUT2D eigenvalue weighted by Gasteiger charge is 2.10. The van der Waals surface area contributed by atoms with Crippen molar-refractivity contribution in [1.82, 2.24) is 14.8 Å². The summed E-state index contributed by atoms with van der Waals surface area (Å²) in [6.07, 6.45) is 3.65. The van der Waals surface area contributed by atoms with Crippen molar-refractivity contribution < 1.29 is 0 Å². The predicted molar refractivity (Wildman–Crippen MR) is 81.2 cm³/mol. The van der Waals surface area contributed by atoms with Crippen LogP contribution in [-0.4, -0.2) is 14.8 Å². The minimum absolute atomic E-state index is 0.798. The van der Waals surface area contributed by atoms with E-state index >= 15 is 0 Å². The number of para-hydroxylation sites is 1. The van der Waals surface area contributed by atoms with Crippen LogP contribution >= 0.6 is 0 Å². The summed E-state index contributed by atoms with van der Waals surface area (Å²) < 4.78 is 2.28. The van der Waals surface area contributed by atoms with E-state index in [1.807, 2.05) is 12.3 Å². The average molecular weight is 266 g/mol. The number of nitrogens with one attached hydrogen (secondary N) is 2. The van der Waals surface area contributed by atoms with Gasteiger partial charge in [0.05, 0.1) is 11.9 Å². The number of rotatable bonds is 4. The van der Waals surface area contributed by atoms with Crippen LogP contribution in [0.15, 0.2) is 48.8 Å². The lowest BCUT2D eigenvalue weighted by Gasteiger charge is -2.10. The first-order chi connectivity index (χ1) is 9.75. The lowest BCUT2D eigenvalue weighted by atomic mass is 10.2. The van der Waals surface area contributed by atoms with Crippen molar-refractivity contribution in [3.8, 4) is 5.69 Å². The topological polar surface area (TPSA) is 45.6 Å². The number of hydrogen-bond acceptors (Lipinski definition) is 2. The third kappa shape index (κ3) is 2.32. The molecule has 2 N–H and O–H groups in total. The lowest BCUT2D eigenvalue weighted by molar-refractivity contribution is 0.951. The minimum Gasteiger partial charge on any atom is -0.378 e. The van der Waals surface area contributed by atoms with Gasteiger partial charge in [0.15, 0.2) is 0 Å². The molecule has 3 rings (SSSR count). The SMILES string of the molecule is Cc1cc(CNc2cn[nH]c2)c(C)n1-c1ccccc1. The van der Waals surface area contributed by atoms with Crippen LogP contribution in [0.3, 0.4) is 0 Å². The number of benzene rings is 1. The van der Waals surface area contributed by atoms with E-state index < -0.39 is 0 Å². The molecule has 0 aliphatic carbocycles. The van der Waals surface area contributed by atoms with Crippen molar-refractivity contribution in [2.45, 2.75) is 20.4 Å². The first-order valence-corrected chi connectivity index (χ1v) is 6.71. The molecular weight excluding hydrogens is 248 g/mol. The van der Waals surface area contributed by atoms with Crippen molar-refractivity contribution >= 4 is 5.69 Å². The molecule has 0 amide bonds. The Labute approximate surface area is 118 Å². The van der Waals surface area contributed by atoms with Gasteiger partial charge in [-0.2, -0.15) is 5.10 Å². The smallest absolute Gasteiger partial charge is 0.0726 e. The molecular formula is C16H18N4. The second-order valence-electron chi connectivity index (χ2n) is 4.91. The molecule has 0 saturated carbocycles. The Morgan fingerprint density at radius 1 is 1.20 bits per heavy atom. The highest BCUT2D eigenvalue weighted by molar-refractivity contribution is 5.44. The van der Waals surface area contributed by atoms with Crippen LogP contribution in [0.4, 0.5) is 5.69 Å². The summed E-state index contributed by atoms with van der Waals surface area (Å²) in [6.45, 7) is 5.10. The molecule has 2 aromatic heterocycles. The average Bonchev–Trinajstić information content (AvgIpc) is 3.06. The summed E-state index contributed by atoms with van der Waals surface area (Å²) in [7, 11) is 0. The maximum atomic E-state index is 3.93. The Hall–Kier alpha value is -2.49.